The van der Waals surface area contributed by atoms with E-state index in [1.807, 2.05) is 6.92 Å². The van der Waals surface area contributed by atoms with Gasteiger partial charge in [0.05, 0.1) is 22.4 Å². The molecule has 0 radical (unpaired) electrons. The van der Waals surface area contributed by atoms with Gasteiger partial charge in [-0.3, -0.25) is 4.68 Å². The first-order valence-corrected chi connectivity index (χ1v) is 7.61. The Morgan fingerprint density at radius 1 is 1.30 bits per heavy atom. The van der Waals surface area contributed by atoms with E-state index in [-0.39, 0.29) is 5.56 Å². The Hall–Kier alpha value is -0.790. The summed E-state index contributed by atoms with van der Waals surface area (Å²) in [6.07, 6.45) is 1.62. The lowest BCUT2D eigenvalue weighted by atomic mass is 10.0. The quantitative estimate of drug-likeness (QED) is 0.828. The zero-order valence-electron chi connectivity index (χ0n) is 10.9. The first-order valence-electron chi connectivity index (χ1n) is 6.02. The molecule has 0 amide bonds. The third-order valence-corrected chi connectivity index (χ3v) is 4.10. The molecule has 1 aromatic carbocycles. The molecule has 1 atom stereocenters. The first-order chi connectivity index (χ1) is 9.49. The molecule has 0 aliphatic heterocycles. The van der Waals surface area contributed by atoms with Crippen LogP contribution in [-0.2, 0) is 6.54 Å². The van der Waals surface area contributed by atoms with Gasteiger partial charge in [-0.15, -0.1) is 0 Å². The van der Waals surface area contributed by atoms with E-state index in [9.17, 15) is 8.78 Å². The number of aryl methyl sites for hydroxylation is 1. The topological polar surface area (TPSA) is 29.9 Å². The van der Waals surface area contributed by atoms with E-state index in [0.717, 1.165) is 0 Å². The van der Waals surface area contributed by atoms with Crippen molar-refractivity contribution in [2.45, 2.75) is 19.5 Å². The van der Waals surface area contributed by atoms with Gasteiger partial charge in [0.15, 0.2) is 0 Å². The van der Waals surface area contributed by atoms with Crippen molar-refractivity contribution in [3.63, 3.8) is 0 Å². The Balaban J connectivity index is 2.61. The van der Waals surface area contributed by atoms with Gasteiger partial charge in [0.2, 0.25) is 0 Å². The fraction of sp³-hybridized carbons (Fsp3) is 0.308. The van der Waals surface area contributed by atoms with Crippen LogP contribution in [0.2, 0.25) is 0 Å². The zero-order valence-corrected chi connectivity index (χ0v) is 14.1. The number of hydrogen-bond acceptors (Lipinski definition) is 2. The van der Waals surface area contributed by atoms with Crippen LogP contribution in [0.15, 0.2) is 27.3 Å². The molecule has 1 unspecified atom stereocenters. The van der Waals surface area contributed by atoms with Crippen molar-refractivity contribution in [2.24, 2.45) is 0 Å². The number of halogens is 4. The predicted octanol–water partition coefficient (Wildman–Crippen LogP) is 4.02. The highest BCUT2D eigenvalue weighted by Crippen LogP contribution is 2.32. The lowest BCUT2D eigenvalue weighted by Crippen LogP contribution is -2.24. The molecule has 1 heterocycles. The smallest absolute Gasteiger partial charge is 0.132 e. The summed E-state index contributed by atoms with van der Waals surface area (Å²) in [5.74, 6) is -1.21. The molecule has 108 valence electrons. The first kappa shape index (κ1) is 15.6. The van der Waals surface area contributed by atoms with Gasteiger partial charge in [-0.25, -0.2) is 8.78 Å². The number of rotatable bonds is 4. The number of benzene rings is 1. The van der Waals surface area contributed by atoms with E-state index >= 15 is 0 Å². The highest BCUT2D eigenvalue weighted by Gasteiger charge is 2.26. The Morgan fingerprint density at radius 2 is 1.90 bits per heavy atom. The Kier molecular flexibility index (Phi) is 4.93. The standard InChI is InChI=1S/C13H13Br2F2N3/c1-3-20-13(8(15)6-19-20)12(18-2)11-9(16)4-7(14)5-10(11)17/h4-6,12,18H,3H2,1-2H3. The number of hydrogen-bond donors (Lipinski definition) is 1. The van der Waals surface area contributed by atoms with Gasteiger partial charge in [0.25, 0.3) is 0 Å². The fourth-order valence-corrected chi connectivity index (χ4v) is 3.08. The van der Waals surface area contributed by atoms with E-state index in [1.165, 1.54) is 12.1 Å². The van der Waals surface area contributed by atoms with E-state index in [2.05, 4.69) is 42.3 Å². The van der Waals surface area contributed by atoms with Gasteiger partial charge in [-0.1, -0.05) is 15.9 Å². The van der Waals surface area contributed by atoms with Crippen LogP contribution in [0.3, 0.4) is 0 Å². The Labute approximate surface area is 132 Å². The molecule has 0 bridgehead atoms. The second-order valence-corrected chi connectivity index (χ2v) is 5.97. The number of nitrogens with one attached hydrogen (secondary N) is 1. The van der Waals surface area contributed by atoms with Crippen molar-refractivity contribution < 1.29 is 8.78 Å². The van der Waals surface area contributed by atoms with Crippen molar-refractivity contribution in [3.05, 3.63) is 50.2 Å². The van der Waals surface area contributed by atoms with Crippen LogP contribution in [-0.4, -0.2) is 16.8 Å². The maximum Gasteiger partial charge on any atom is 0.132 e. The normalized spacial score (nSPS) is 12.7. The van der Waals surface area contributed by atoms with Crippen molar-refractivity contribution >= 4 is 31.9 Å². The monoisotopic (exact) mass is 407 g/mol. The minimum Gasteiger partial charge on any atom is -0.308 e. The molecule has 3 nitrogen and oxygen atoms in total. The van der Waals surface area contributed by atoms with Crippen molar-refractivity contribution in [1.29, 1.82) is 0 Å². The molecule has 7 heteroatoms. The Bertz CT molecular complexity index is 605. The summed E-state index contributed by atoms with van der Waals surface area (Å²) in [5, 5.41) is 7.13. The largest absolute Gasteiger partial charge is 0.308 e. The van der Waals surface area contributed by atoms with Gasteiger partial charge in [0, 0.05) is 16.6 Å². The van der Waals surface area contributed by atoms with Crippen molar-refractivity contribution in [1.82, 2.24) is 15.1 Å². The van der Waals surface area contributed by atoms with Gasteiger partial charge < -0.3 is 5.32 Å². The van der Waals surface area contributed by atoms with Gasteiger partial charge in [0.1, 0.15) is 11.6 Å². The molecule has 0 fully saturated rings. The number of nitrogens with zero attached hydrogens (tertiary/aromatic N) is 2. The predicted molar refractivity (Wildman–Crippen MR) is 80.6 cm³/mol. The van der Waals surface area contributed by atoms with Crippen LogP contribution in [0.4, 0.5) is 8.78 Å². The second kappa shape index (κ2) is 6.32. The average Bonchev–Trinajstić information content (AvgIpc) is 2.74. The average molecular weight is 409 g/mol. The van der Waals surface area contributed by atoms with Gasteiger partial charge in [-0.05, 0) is 42.0 Å². The molecule has 0 saturated carbocycles. The second-order valence-electron chi connectivity index (χ2n) is 4.20. The summed E-state index contributed by atoms with van der Waals surface area (Å²) < 4.78 is 31.1. The summed E-state index contributed by atoms with van der Waals surface area (Å²) >= 11 is 6.47. The molecule has 2 rings (SSSR count). The maximum atomic E-state index is 14.2. The van der Waals surface area contributed by atoms with E-state index < -0.39 is 17.7 Å². The minimum atomic E-state index is -0.625. The van der Waals surface area contributed by atoms with Crippen molar-refractivity contribution in [2.75, 3.05) is 7.05 Å². The molecule has 0 spiro atoms. The highest BCUT2D eigenvalue weighted by atomic mass is 79.9. The molecular formula is C13H13Br2F2N3. The molecular weight excluding hydrogens is 396 g/mol. The molecule has 0 saturated heterocycles. The summed E-state index contributed by atoms with van der Waals surface area (Å²) in [7, 11) is 1.66. The van der Waals surface area contributed by atoms with Crippen LogP contribution in [0.25, 0.3) is 0 Å². The zero-order chi connectivity index (χ0) is 14.9. The van der Waals surface area contributed by atoms with Crippen LogP contribution in [0.1, 0.15) is 24.2 Å². The lowest BCUT2D eigenvalue weighted by molar-refractivity contribution is 0.495. The SMILES string of the molecule is CCn1ncc(Br)c1C(NC)c1c(F)cc(Br)cc1F. The van der Waals surface area contributed by atoms with E-state index in [1.54, 1.807) is 17.9 Å². The fourth-order valence-electron chi connectivity index (χ4n) is 2.16. The maximum absolute atomic E-state index is 14.2. The van der Waals surface area contributed by atoms with Crippen LogP contribution >= 0.6 is 31.9 Å². The minimum absolute atomic E-state index is 0.0217. The lowest BCUT2D eigenvalue weighted by Gasteiger charge is -2.20. The van der Waals surface area contributed by atoms with E-state index in [4.69, 9.17) is 0 Å². The summed E-state index contributed by atoms with van der Waals surface area (Å²) in [6.45, 7) is 2.53. The van der Waals surface area contributed by atoms with Gasteiger partial charge in [-0.2, -0.15) is 5.10 Å². The molecule has 20 heavy (non-hydrogen) atoms. The highest BCUT2D eigenvalue weighted by molar-refractivity contribution is 9.10. The Morgan fingerprint density at radius 3 is 2.40 bits per heavy atom. The number of aromatic nitrogens is 2. The molecule has 1 N–H and O–H groups in total. The van der Waals surface area contributed by atoms with Gasteiger partial charge >= 0.3 is 0 Å². The third kappa shape index (κ3) is 2.80. The van der Waals surface area contributed by atoms with Crippen LogP contribution in [0, 0.1) is 11.6 Å². The van der Waals surface area contributed by atoms with E-state index in [0.29, 0.717) is 21.2 Å². The summed E-state index contributed by atoms with van der Waals surface area (Å²) in [5.41, 5.74) is 0.668. The molecule has 1 aromatic heterocycles. The van der Waals surface area contributed by atoms with Crippen LogP contribution in [0.5, 0.6) is 0 Å². The molecule has 2 aromatic rings. The third-order valence-electron chi connectivity index (χ3n) is 3.03. The van der Waals surface area contributed by atoms with Crippen LogP contribution < -0.4 is 5.32 Å². The summed E-state index contributed by atoms with van der Waals surface area (Å²) in [6, 6.07) is 1.88. The summed E-state index contributed by atoms with van der Waals surface area (Å²) in [4.78, 5) is 0. The van der Waals surface area contributed by atoms with Crippen molar-refractivity contribution in [3.8, 4) is 0 Å². The molecule has 0 aliphatic carbocycles. The molecule has 0 aliphatic rings.